The summed E-state index contributed by atoms with van der Waals surface area (Å²) in [6.45, 7) is 0. The van der Waals surface area contributed by atoms with Crippen molar-refractivity contribution in [2.24, 2.45) is 16.1 Å². The topological polar surface area (TPSA) is 66.7 Å². The summed E-state index contributed by atoms with van der Waals surface area (Å²) in [7, 11) is 0. The number of hydrogen-bond donors (Lipinski definition) is 1. The molecule has 1 fully saturated rings. The molecule has 2 aliphatic rings. The maximum Gasteiger partial charge on any atom is 0.220 e. The van der Waals surface area contributed by atoms with Crippen molar-refractivity contribution in [1.82, 2.24) is 10.3 Å². The van der Waals surface area contributed by atoms with Gasteiger partial charge in [0, 0.05) is 37.3 Å². The maximum absolute atomic E-state index is 12.2. The minimum atomic E-state index is -0.375. The second-order valence-corrected chi connectivity index (χ2v) is 6.57. The van der Waals surface area contributed by atoms with Crippen molar-refractivity contribution in [2.75, 3.05) is 0 Å². The lowest BCUT2D eigenvalue weighted by atomic mass is 10.0. The first-order valence-corrected chi connectivity index (χ1v) is 8.17. The summed E-state index contributed by atoms with van der Waals surface area (Å²) in [4.78, 5) is 16.5. The Labute approximate surface area is 128 Å². The first kappa shape index (κ1) is 14.2. The molecule has 2 heterocycles. The van der Waals surface area contributed by atoms with E-state index in [1.807, 2.05) is 5.38 Å². The molecule has 110 valence electrons. The number of thiazole rings is 1. The van der Waals surface area contributed by atoms with Gasteiger partial charge in [-0.1, -0.05) is 0 Å². The Balaban J connectivity index is 1.48. The number of nitrogens with one attached hydrogen (secondary N) is 1. The Morgan fingerprint density at radius 1 is 1.52 bits per heavy atom. The quantitative estimate of drug-likeness (QED) is 0.750. The summed E-state index contributed by atoms with van der Waals surface area (Å²) in [5, 5.41) is 14.2. The molecule has 3 rings (SSSR count). The van der Waals surface area contributed by atoms with E-state index in [9.17, 15) is 4.79 Å². The van der Waals surface area contributed by atoms with E-state index < -0.39 is 0 Å². The third-order valence-corrected chi connectivity index (χ3v) is 4.79. The SMILES string of the molecule is C#CCCC1(CCC(=O)NC(c2nccs2)C2CC2)N=N1. The highest BCUT2D eigenvalue weighted by Crippen LogP contribution is 2.42. The number of aromatic nitrogens is 1. The van der Waals surface area contributed by atoms with E-state index in [-0.39, 0.29) is 17.6 Å². The Bertz CT molecular complexity index is 565. The summed E-state index contributed by atoms with van der Waals surface area (Å²) in [5.41, 5.74) is -0.375. The van der Waals surface area contributed by atoms with E-state index in [1.54, 1.807) is 17.5 Å². The molecule has 1 N–H and O–H groups in total. The number of nitrogens with zero attached hydrogens (tertiary/aromatic N) is 3. The molecule has 1 aliphatic carbocycles. The molecule has 21 heavy (non-hydrogen) atoms. The van der Waals surface area contributed by atoms with Crippen LogP contribution >= 0.6 is 11.3 Å². The second-order valence-electron chi connectivity index (χ2n) is 5.64. The van der Waals surface area contributed by atoms with Crippen LogP contribution in [0, 0.1) is 18.3 Å². The van der Waals surface area contributed by atoms with E-state index in [4.69, 9.17) is 6.42 Å². The minimum Gasteiger partial charge on any atom is -0.347 e. The van der Waals surface area contributed by atoms with Crippen LogP contribution in [0.3, 0.4) is 0 Å². The molecule has 5 nitrogen and oxygen atoms in total. The lowest BCUT2D eigenvalue weighted by molar-refractivity contribution is -0.122. The highest BCUT2D eigenvalue weighted by Gasteiger charge is 2.40. The normalized spacial score (nSPS) is 19.8. The van der Waals surface area contributed by atoms with Crippen LogP contribution in [0.1, 0.15) is 49.6 Å². The number of terminal acetylenes is 1. The van der Waals surface area contributed by atoms with Crippen LogP contribution < -0.4 is 5.32 Å². The first-order valence-electron chi connectivity index (χ1n) is 7.29. The zero-order valence-corrected chi connectivity index (χ0v) is 12.6. The summed E-state index contributed by atoms with van der Waals surface area (Å²) in [6.07, 6.45) is 11.9. The van der Waals surface area contributed by atoms with Gasteiger partial charge < -0.3 is 5.32 Å². The fourth-order valence-corrected chi connectivity index (χ4v) is 3.21. The van der Waals surface area contributed by atoms with E-state index in [1.165, 1.54) is 12.8 Å². The van der Waals surface area contributed by atoms with Gasteiger partial charge in [-0.2, -0.15) is 10.2 Å². The maximum atomic E-state index is 12.2. The number of hydrogen-bond acceptors (Lipinski definition) is 5. The Morgan fingerprint density at radius 2 is 2.33 bits per heavy atom. The van der Waals surface area contributed by atoms with Gasteiger partial charge in [-0.3, -0.25) is 4.79 Å². The molecule has 0 bridgehead atoms. The second kappa shape index (κ2) is 5.94. The molecule has 1 unspecified atom stereocenters. The van der Waals surface area contributed by atoms with Crippen molar-refractivity contribution in [3.05, 3.63) is 16.6 Å². The molecule has 0 spiro atoms. The average Bonchev–Trinajstić information content (AvgIpc) is 3.41. The third kappa shape index (κ3) is 3.67. The van der Waals surface area contributed by atoms with Crippen molar-refractivity contribution in [2.45, 2.75) is 50.2 Å². The van der Waals surface area contributed by atoms with Gasteiger partial charge in [0.2, 0.25) is 5.91 Å². The van der Waals surface area contributed by atoms with Crippen LogP contribution in [-0.2, 0) is 4.79 Å². The van der Waals surface area contributed by atoms with Crippen LogP contribution in [-0.4, -0.2) is 16.6 Å². The highest BCUT2D eigenvalue weighted by molar-refractivity contribution is 7.09. The molecule has 1 aromatic heterocycles. The predicted molar refractivity (Wildman–Crippen MR) is 80.6 cm³/mol. The summed E-state index contributed by atoms with van der Waals surface area (Å²) < 4.78 is 0. The summed E-state index contributed by atoms with van der Waals surface area (Å²) in [5.74, 6) is 3.20. The third-order valence-electron chi connectivity index (χ3n) is 3.93. The molecule has 1 amide bonds. The molecule has 0 aromatic carbocycles. The largest absolute Gasteiger partial charge is 0.347 e. The standard InChI is InChI=1S/C15H18N4OS/c1-2-3-7-15(18-19-15)8-6-12(20)17-13(11-4-5-11)14-16-9-10-21-14/h1,9-11,13H,3-8H2,(H,17,20). The number of carbonyl (C=O) groups is 1. The average molecular weight is 302 g/mol. The van der Waals surface area contributed by atoms with E-state index >= 15 is 0 Å². The van der Waals surface area contributed by atoms with Crippen molar-refractivity contribution in [3.8, 4) is 12.3 Å². The van der Waals surface area contributed by atoms with E-state index in [2.05, 4.69) is 26.4 Å². The van der Waals surface area contributed by atoms with Crippen LogP contribution in [0.25, 0.3) is 0 Å². The molecule has 1 aliphatic heterocycles. The van der Waals surface area contributed by atoms with Crippen LogP contribution in [0.2, 0.25) is 0 Å². The van der Waals surface area contributed by atoms with Crippen LogP contribution in [0.15, 0.2) is 21.8 Å². The molecule has 1 aromatic rings. The molecule has 0 radical (unpaired) electrons. The van der Waals surface area contributed by atoms with Crippen LogP contribution in [0.4, 0.5) is 0 Å². The van der Waals surface area contributed by atoms with Crippen LogP contribution in [0.5, 0.6) is 0 Å². The van der Waals surface area contributed by atoms with Gasteiger partial charge in [0.25, 0.3) is 0 Å². The number of carbonyl (C=O) groups excluding carboxylic acids is 1. The zero-order valence-electron chi connectivity index (χ0n) is 11.8. The lowest BCUT2D eigenvalue weighted by Gasteiger charge is -2.16. The Kier molecular flexibility index (Phi) is 4.02. The summed E-state index contributed by atoms with van der Waals surface area (Å²) in [6, 6.07) is 0.0761. The van der Waals surface area contributed by atoms with Gasteiger partial charge in [-0.25, -0.2) is 4.98 Å². The predicted octanol–water partition coefficient (Wildman–Crippen LogP) is 3.07. The Hall–Kier alpha value is -1.74. The first-order chi connectivity index (χ1) is 10.2. The van der Waals surface area contributed by atoms with Gasteiger partial charge >= 0.3 is 0 Å². The number of amides is 1. The van der Waals surface area contributed by atoms with Crippen molar-refractivity contribution in [1.29, 1.82) is 0 Å². The Morgan fingerprint density at radius 3 is 2.90 bits per heavy atom. The smallest absolute Gasteiger partial charge is 0.220 e. The number of rotatable bonds is 8. The molecule has 1 atom stereocenters. The highest BCUT2D eigenvalue weighted by atomic mass is 32.1. The van der Waals surface area contributed by atoms with Gasteiger partial charge in [0.1, 0.15) is 5.01 Å². The van der Waals surface area contributed by atoms with E-state index in [0.29, 0.717) is 25.2 Å². The molecule has 0 saturated heterocycles. The molecule has 1 saturated carbocycles. The molecular weight excluding hydrogens is 284 g/mol. The molecule has 6 heteroatoms. The van der Waals surface area contributed by atoms with Gasteiger partial charge in [-0.15, -0.1) is 23.7 Å². The van der Waals surface area contributed by atoms with E-state index in [0.717, 1.165) is 11.4 Å². The van der Waals surface area contributed by atoms with Gasteiger partial charge in [0.05, 0.1) is 6.04 Å². The monoisotopic (exact) mass is 302 g/mol. The molecular formula is C15H18N4OS. The zero-order chi connectivity index (χ0) is 14.7. The van der Waals surface area contributed by atoms with Crippen molar-refractivity contribution >= 4 is 17.2 Å². The van der Waals surface area contributed by atoms with Gasteiger partial charge in [-0.05, 0) is 18.8 Å². The summed E-state index contributed by atoms with van der Waals surface area (Å²) >= 11 is 1.60. The fraction of sp³-hybridized carbons (Fsp3) is 0.600. The lowest BCUT2D eigenvalue weighted by Crippen LogP contribution is -2.30. The van der Waals surface area contributed by atoms with Crippen molar-refractivity contribution < 1.29 is 4.79 Å². The van der Waals surface area contributed by atoms with Gasteiger partial charge in [0.15, 0.2) is 5.66 Å². The fourth-order valence-electron chi connectivity index (χ4n) is 2.43. The van der Waals surface area contributed by atoms with Crippen molar-refractivity contribution in [3.63, 3.8) is 0 Å². The minimum absolute atomic E-state index is 0.0551.